The zero-order valence-electron chi connectivity index (χ0n) is 7.89. The number of hydrogen-bond donors (Lipinski definition) is 0. The summed E-state index contributed by atoms with van der Waals surface area (Å²) in [6, 6.07) is 0. The molecule has 0 aliphatic heterocycles. The molecule has 0 amide bonds. The third kappa shape index (κ3) is 3.32. The molecule has 2 heteroatoms. The molecule has 0 spiro atoms. The van der Waals surface area contributed by atoms with Crippen molar-refractivity contribution >= 4 is 11.6 Å². The van der Waals surface area contributed by atoms with E-state index in [1.54, 1.807) is 0 Å². The van der Waals surface area contributed by atoms with Crippen molar-refractivity contribution in [1.82, 2.24) is 0 Å². The molecule has 1 aliphatic rings. The molecule has 1 rings (SSSR count). The highest BCUT2D eigenvalue weighted by atomic mass is 35.5. The fourth-order valence-electron chi connectivity index (χ4n) is 1.66. The van der Waals surface area contributed by atoms with Gasteiger partial charge in [0.05, 0.1) is 11.5 Å². The summed E-state index contributed by atoms with van der Waals surface area (Å²) in [6.45, 7) is 3.11. The lowest BCUT2D eigenvalue weighted by atomic mass is 10.2. The quantitative estimate of drug-likeness (QED) is 0.477. The maximum absolute atomic E-state index is 6.07. The summed E-state index contributed by atoms with van der Waals surface area (Å²) in [5, 5.41) is 0.284. The average molecular weight is 191 g/mol. The highest BCUT2D eigenvalue weighted by Crippen LogP contribution is 2.26. The van der Waals surface area contributed by atoms with Crippen LogP contribution in [0.25, 0.3) is 0 Å². The number of halogens is 1. The van der Waals surface area contributed by atoms with E-state index < -0.39 is 0 Å². The highest BCUT2D eigenvalue weighted by molar-refractivity contribution is 6.21. The third-order valence-corrected chi connectivity index (χ3v) is 2.95. The van der Waals surface area contributed by atoms with Crippen LogP contribution in [0.3, 0.4) is 0 Å². The standard InChI is InChI=1S/C10H19ClO/c1-2-3-4-8-12-10-7-5-6-9(10)11/h9-10H,2-8H2,1H3. The van der Waals surface area contributed by atoms with Crippen molar-refractivity contribution in [1.29, 1.82) is 0 Å². The molecule has 1 nitrogen and oxygen atoms in total. The van der Waals surface area contributed by atoms with Crippen molar-refractivity contribution in [3.8, 4) is 0 Å². The maximum Gasteiger partial charge on any atom is 0.0738 e. The number of alkyl halides is 1. The Bertz CT molecular complexity index is 116. The van der Waals surface area contributed by atoms with Gasteiger partial charge in [0.15, 0.2) is 0 Å². The van der Waals surface area contributed by atoms with Gasteiger partial charge in [-0.15, -0.1) is 11.6 Å². The van der Waals surface area contributed by atoms with Gasteiger partial charge in [-0.2, -0.15) is 0 Å². The van der Waals surface area contributed by atoms with Gasteiger partial charge >= 0.3 is 0 Å². The van der Waals surface area contributed by atoms with Crippen molar-refractivity contribution in [3.05, 3.63) is 0 Å². The van der Waals surface area contributed by atoms with Gasteiger partial charge in [0.1, 0.15) is 0 Å². The first kappa shape index (κ1) is 10.3. The van der Waals surface area contributed by atoms with Gasteiger partial charge in [0.25, 0.3) is 0 Å². The van der Waals surface area contributed by atoms with Crippen LogP contribution in [0.2, 0.25) is 0 Å². The summed E-state index contributed by atoms with van der Waals surface area (Å²) in [5.74, 6) is 0. The Labute approximate surface area is 80.4 Å². The van der Waals surface area contributed by atoms with E-state index in [2.05, 4.69) is 6.92 Å². The minimum Gasteiger partial charge on any atom is -0.377 e. The molecule has 0 saturated heterocycles. The molecule has 1 saturated carbocycles. The Hall–Kier alpha value is 0.250. The van der Waals surface area contributed by atoms with Crippen LogP contribution in [-0.4, -0.2) is 18.1 Å². The van der Waals surface area contributed by atoms with E-state index in [0.717, 1.165) is 13.0 Å². The van der Waals surface area contributed by atoms with Gasteiger partial charge < -0.3 is 4.74 Å². The zero-order valence-corrected chi connectivity index (χ0v) is 8.65. The van der Waals surface area contributed by atoms with Gasteiger partial charge in [-0.1, -0.05) is 19.8 Å². The molecule has 12 heavy (non-hydrogen) atoms. The van der Waals surface area contributed by atoms with Crippen LogP contribution in [0.5, 0.6) is 0 Å². The smallest absolute Gasteiger partial charge is 0.0738 e. The van der Waals surface area contributed by atoms with Crippen LogP contribution in [0.15, 0.2) is 0 Å². The first-order valence-corrected chi connectivity index (χ1v) is 5.54. The van der Waals surface area contributed by atoms with Crippen molar-refractivity contribution in [2.24, 2.45) is 0 Å². The van der Waals surface area contributed by atoms with Gasteiger partial charge in [-0.25, -0.2) is 0 Å². The monoisotopic (exact) mass is 190 g/mol. The summed E-state index contributed by atoms with van der Waals surface area (Å²) in [5.41, 5.74) is 0. The Morgan fingerprint density at radius 1 is 1.33 bits per heavy atom. The maximum atomic E-state index is 6.07. The second-order valence-electron chi connectivity index (χ2n) is 3.56. The number of rotatable bonds is 5. The molecular weight excluding hydrogens is 172 g/mol. The lowest BCUT2D eigenvalue weighted by molar-refractivity contribution is 0.0580. The van der Waals surface area contributed by atoms with E-state index in [0.29, 0.717) is 6.10 Å². The minimum atomic E-state index is 0.284. The molecule has 1 fully saturated rings. The van der Waals surface area contributed by atoms with E-state index in [9.17, 15) is 0 Å². The van der Waals surface area contributed by atoms with Crippen LogP contribution in [0.4, 0.5) is 0 Å². The van der Waals surface area contributed by atoms with E-state index in [-0.39, 0.29) is 5.38 Å². The molecule has 2 unspecified atom stereocenters. The summed E-state index contributed by atoms with van der Waals surface area (Å²) < 4.78 is 5.69. The minimum absolute atomic E-state index is 0.284. The van der Waals surface area contributed by atoms with E-state index in [4.69, 9.17) is 16.3 Å². The second kappa shape index (κ2) is 5.82. The van der Waals surface area contributed by atoms with Crippen LogP contribution < -0.4 is 0 Å². The van der Waals surface area contributed by atoms with Crippen LogP contribution in [0.1, 0.15) is 45.4 Å². The third-order valence-electron chi connectivity index (χ3n) is 2.45. The van der Waals surface area contributed by atoms with Crippen molar-refractivity contribution in [3.63, 3.8) is 0 Å². The number of hydrogen-bond acceptors (Lipinski definition) is 1. The highest BCUT2D eigenvalue weighted by Gasteiger charge is 2.25. The molecule has 0 N–H and O–H groups in total. The summed E-state index contributed by atoms with van der Waals surface area (Å²) in [6.07, 6.45) is 7.63. The number of ether oxygens (including phenoxy) is 1. The Morgan fingerprint density at radius 2 is 2.17 bits per heavy atom. The van der Waals surface area contributed by atoms with Crippen molar-refractivity contribution in [2.75, 3.05) is 6.61 Å². The predicted octanol–water partition coefficient (Wildman–Crippen LogP) is 3.35. The fraction of sp³-hybridized carbons (Fsp3) is 1.00. The predicted molar refractivity (Wildman–Crippen MR) is 52.8 cm³/mol. The molecule has 0 aromatic carbocycles. The van der Waals surface area contributed by atoms with Crippen LogP contribution in [0, 0.1) is 0 Å². The molecule has 0 bridgehead atoms. The Kier molecular flexibility index (Phi) is 5.01. The lowest BCUT2D eigenvalue weighted by Crippen LogP contribution is -2.18. The molecular formula is C10H19ClO. The van der Waals surface area contributed by atoms with E-state index >= 15 is 0 Å². The summed E-state index contributed by atoms with van der Waals surface area (Å²) in [7, 11) is 0. The van der Waals surface area contributed by atoms with Gasteiger partial charge in [-0.3, -0.25) is 0 Å². The van der Waals surface area contributed by atoms with Gasteiger partial charge in [0, 0.05) is 6.61 Å². The molecule has 0 aromatic rings. The van der Waals surface area contributed by atoms with Crippen molar-refractivity contribution < 1.29 is 4.74 Å². The van der Waals surface area contributed by atoms with Crippen LogP contribution >= 0.6 is 11.6 Å². The fourth-order valence-corrected chi connectivity index (χ4v) is 2.01. The zero-order chi connectivity index (χ0) is 8.81. The molecule has 72 valence electrons. The first-order valence-electron chi connectivity index (χ1n) is 5.10. The largest absolute Gasteiger partial charge is 0.377 e. The number of unbranched alkanes of at least 4 members (excludes halogenated alkanes) is 2. The van der Waals surface area contributed by atoms with Crippen molar-refractivity contribution in [2.45, 2.75) is 56.9 Å². The molecule has 0 heterocycles. The summed E-state index contributed by atoms with van der Waals surface area (Å²) in [4.78, 5) is 0. The lowest BCUT2D eigenvalue weighted by Gasteiger charge is -2.14. The van der Waals surface area contributed by atoms with Gasteiger partial charge in [-0.05, 0) is 25.7 Å². The SMILES string of the molecule is CCCCCOC1CCCC1Cl. The van der Waals surface area contributed by atoms with Gasteiger partial charge in [0.2, 0.25) is 0 Å². The molecule has 2 atom stereocenters. The normalized spacial score (nSPS) is 29.5. The first-order chi connectivity index (χ1) is 5.84. The van der Waals surface area contributed by atoms with Crippen LogP contribution in [-0.2, 0) is 4.74 Å². The molecule has 0 radical (unpaired) electrons. The molecule has 0 aromatic heterocycles. The average Bonchev–Trinajstić information content (AvgIpc) is 2.46. The molecule has 1 aliphatic carbocycles. The van der Waals surface area contributed by atoms with E-state index in [1.165, 1.54) is 32.1 Å². The Morgan fingerprint density at radius 3 is 2.75 bits per heavy atom. The second-order valence-corrected chi connectivity index (χ2v) is 4.12. The topological polar surface area (TPSA) is 9.23 Å². The Balaban J connectivity index is 1.98. The summed E-state index contributed by atoms with van der Waals surface area (Å²) >= 11 is 6.07. The van der Waals surface area contributed by atoms with E-state index in [1.807, 2.05) is 0 Å².